The quantitative estimate of drug-likeness (QED) is 0.708. The van der Waals surface area contributed by atoms with E-state index in [9.17, 15) is 4.79 Å². The Morgan fingerprint density at radius 1 is 1.23 bits per heavy atom. The molecule has 0 bridgehead atoms. The SMILES string of the molecule is CNC(=O)OC1CCC(OC)CC1. The number of carbonyl (C=O) groups excluding carboxylic acids is 1. The summed E-state index contributed by atoms with van der Waals surface area (Å²) in [6.07, 6.45) is 3.88. The van der Waals surface area contributed by atoms with Crippen molar-refractivity contribution in [1.29, 1.82) is 0 Å². The van der Waals surface area contributed by atoms with E-state index >= 15 is 0 Å². The summed E-state index contributed by atoms with van der Waals surface area (Å²) in [4.78, 5) is 10.9. The van der Waals surface area contributed by atoms with Crippen LogP contribution >= 0.6 is 0 Å². The number of alkyl carbamates (subject to hydrolysis) is 1. The van der Waals surface area contributed by atoms with Crippen LogP contribution < -0.4 is 5.32 Å². The summed E-state index contributed by atoms with van der Waals surface area (Å²) >= 11 is 0. The lowest BCUT2D eigenvalue weighted by Crippen LogP contribution is -2.31. The van der Waals surface area contributed by atoms with Crippen LogP contribution in [-0.4, -0.2) is 32.5 Å². The summed E-state index contributed by atoms with van der Waals surface area (Å²) in [5.41, 5.74) is 0. The maximum absolute atomic E-state index is 10.9. The van der Waals surface area contributed by atoms with Gasteiger partial charge in [-0.15, -0.1) is 0 Å². The van der Waals surface area contributed by atoms with Crippen LogP contribution in [0.3, 0.4) is 0 Å². The molecule has 13 heavy (non-hydrogen) atoms. The number of hydrogen-bond acceptors (Lipinski definition) is 3. The van der Waals surface area contributed by atoms with Crippen molar-refractivity contribution in [3.8, 4) is 0 Å². The molecule has 1 fully saturated rings. The van der Waals surface area contributed by atoms with Crippen molar-refractivity contribution in [2.75, 3.05) is 14.2 Å². The summed E-state index contributed by atoms with van der Waals surface area (Å²) < 4.78 is 10.3. The number of amides is 1. The molecule has 0 aromatic rings. The maximum atomic E-state index is 10.9. The van der Waals surface area contributed by atoms with E-state index in [-0.39, 0.29) is 12.2 Å². The Morgan fingerprint density at radius 2 is 1.77 bits per heavy atom. The third-order valence-electron chi connectivity index (χ3n) is 2.43. The predicted octanol–water partition coefficient (Wildman–Crippen LogP) is 1.30. The van der Waals surface area contributed by atoms with E-state index in [2.05, 4.69) is 5.32 Å². The number of methoxy groups -OCH3 is 1. The number of ether oxygens (including phenoxy) is 2. The van der Waals surface area contributed by atoms with Gasteiger partial charge in [0.1, 0.15) is 6.10 Å². The lowest BCUT2D eigenvalue weighted by atomic mass is 9.95. The van der Waals surface area contributed by atoms with Gasteiger partial charge >= 0.3 is 6.09 Å². The van der Waals surface area contributed by atoms with Gasteiger partial charge < -0.3 is 14.8 Å². The number of nitrogens with one attached hydrogen (secondary N) is 1. The van der Waals surface area contributed by atoms with Crippen LogP contribution in [0.25, 0.3) is 0 Å². The largest absolute Gasteiger partial charge is 0.446 e. The fourth-order valence-corrected chi connectivity index (χ4v) is 1.60. The number of rotatable bonds is 2. The van der Waals surface area contributed by atoms with Crippen LogP contribution in [0.1, 0.15) is 25.7 Å². The van der Waals surface area contributed by atoms with Crippen molar-refractivity contribution in [1.82, 2.24) is 5.32 Å². The molecule has 1 N–H and O–H groups in total. The van der Waals surface area contributed by atoms with Crippen molar-refractivity contribution >= 4 is 6.09 Å². The highest BCUT2D eigenvalue weighted by molar-refractivity contribution is 5.66. The normalized spacial score (nSPS) is 28.2. The van der Waals surface area contributed by atoms with E-state index in [0.717, 1.165) is 25.7 Å². The van der Waals surface area contributed by atoms with Gasteiger partial charge in [0.25, 0.3) is 0 Å². The van der Waals surface area contributed by atoms with Crippen LogP contribution in [0.5, 0.6) is 0 Å². The van der Waals surface area contributed by atoms with Gasteiger partial charge in [-0.25, -0.2) is 4.79 Å². The van der Waals surface area contributed by atoms with Gasteiger partial charge in [-0.1, -0.05) is 0 Å². The Morgan fingerprint density at radius 3 is 2.23 bits per heavy atom. The zero-order valence-electron chi connectivity index (χ0n) is 8.21. The maximum Gasteiger partial charge on any atom is 0.407 e. The topological polar surface area (TPSA) is 47.6 Å². The molecule has 0 aliphatic heterocycles. The average molecular weight is 187 g/mol. The van der Waals surface area contributed by atoms with Gasteiger partial charge in [-0.3, -0.25) is 0 Å². The van der Waals surface area contributed by atoms with Crippen molar-refractivity contribution in [3.05, 3.63) is 0 Å². The van der Waals surface area contributed by atoms with Gasteiger partial charge in [-0.05, 0) is 25.7 Å². The molecule has 0 atom stereocenters. The summed E-state index contributed by atoms with van der Waals surface area (Å²) in [5, 5.41) is 2.45. The van der Waals surface area contributed by atoms with E-state index in [1.54, 1.807) is 14.2 Å². The van der Waals surface area contributed by atoms with E-state index < -0.39 is 0 Å². The molecular weight excluding hydrogens is 170 g/mol. The molecule has 1 aliphatic rings. The average Bonchev–Trinajstić information content (AvgIpc) is 2.19. The van der Waals surface area contributed by atoms with Gasteiger partial charge in [0.2, 0.25) is 0 Å². The molecule has 0 radical (unpaired) electrons. The smallest absolute Gasteiger partial charge is 0.407 e. The molecule has 1 saturated carbocycles. The van der Waals surface area contributed by atoms with E-state index in [1.807, 2.05) is 0 Å². The summed E-state index contributed by atoms with van der Waals surface area (Å²) in [5.74, 6) is 0. The van der Waals surface area contributed by atoms with Crippen LogP contribution in [0.15, 0.2) is 0 Å². The fraction of sp³-hybridized carbons (Fsp3) is 0.889. The van der Waals surface area contributed by atoms with Crippen molar-refractivity contribution in [2.24, 2.45) is 0 Å². The number of hydrogen-bond donors (Lipinski definition) is 1. The monoisotopic (exact) mass is 187 g/mol. The van der Waals surface area contributed by atoms with Gasteiger partial charge in [-0.2, -0.15) is 0 Å². The summed E-state index contributed by atoms with van der Waals surface area (Å²) in [7, 11) is 3.30. The Bertz CT molecular complexity index is 164. The molecule has 0 spiro atoms. The van der Waals surface area contributed by atoms with Crippen molar-refractivity contribution in [2.45, 2.75) is 37.9 Å². The molecule has 0 unspecified atom stereocenters. The molecule has 1 rings (SSSR count). The Balaban J connectivity index is 2.21. The van der Waals surface area contributed by atoms with Crippen LogP contribution in [-0.2, 0) is 9.47 Å². The second kappa shape index (κ2) is 5.07. The van der Waals surface area contributed by atoms with Crippen LogP contribution in [0.2, 0.25) is 0 Å². The molecular formula is C9H17NO3. The van der Waals surface area contributed by atoms with Crippen LogP contribution in [0, 0.1) is 0 Å². The highest BCUT2D eigenvalue weighted by atomic mass is 16.6. The van der Waals surface area contributed by atoms with Crippen molar-refractivity contribution in [3.63, 3.8) is 0 Å². The Kier molecular flexibility index (Phi) is 4.02. The minimum absolute atomic E-state index is 0.0753. The first-order valence-electron chi connectivity index (χ1n) is 4.67. The molecule has 0 aromatic carbocycles. The highest BCUT2D eigenvalue weighted by Gasteiger charge is 2.23. The minimum atomic E-state index is -0.333. The second-order valence-electron chi connectivity index (χ2n) is 3.29. The van der Waals surface area contributed by atoms with E-state index in [1.165, 1.54) is 0 Å². The first-order valence-corrected chi connectivity index (χ1v) is 4.67. The van der Waals surface area contributed by atoms with Gasteiger partial charge in [0.05, 0.1) is 6.10 Å². The van der Waals surface area contributed by atoms with Crippen molar-refractivity contribution < 1.29 is 14.3 Å². The summed E-state index contributed by atoms with van der Waals surface area (Å²) in [6.45, 7) is 0. The molecule has 1 amide bonds. The Hall–Kier alpha value is -0.770. The Labute approximate surface area is 78.6 Å². The fourth-order valence-electron chi connectivity index (χ4n) is 1.60. The van der Waals surface area contributed by atoms with Gasteiger partial charge in [0.15, 0.2) is 0 Å². The highest BCUT2D eigenvalue weighted by Crippen LogP contribution is 2.22. The van der Waals surface area contributed by atoms with E-state index in [0.29, 0.717) is 6.10 Å². The number of carbonyl (C=O) groups is 1. The first kappa shape index (κ1) is 10.3. The molecule has 4 nitrogen and oxygen atoms in total. The van der Waals surface area contributed by atoms with Crippen LogP contribution in [0.4, 0.5) is 4.79 Å². The zero-order valence-corrected chi connectivity index (χ0v) is 8.21. The zero-order chi connectivity index (χ0) is 9.68. The minimum Gasteiger partial charge on any atom is -0.446 e. The molecule has 0 heterocycles. The lowest BCUT2D eigenvalue weighted by molar-refractivity contribution is 0.0139. The van der Waals surface area contributed by atoms with E-state index in [4.69, 9.17) is 9.47 Å². The predicted molar refractivity (Wildman–Crippen MR) is 48.6 cm³/mol. The third kappa shape index (κ3) is 3.22. The third-order valence-corrected chi connectivity index (χ3v) is 2.43. The first-order chi connectivity index (χ1) is 6.26. The lowest BCUT2D eigenvalue weighted by Gasteiger charge is -2.27. The molecule has 0 saturated heterocycles. The van der Waals surface area contributed by atoms with Gasteiger partial charge in [0, 0.05) is 14.2 Å². The second-order valence-corrected chi connectivity index (χ2v) is 3.29. The standard InChI is InChI=1S/C9H17NO3/c1-10-9(11)13-8-5-3-7(12-2)4-6-8/h7-8H,3-6H2,1-2H3,(H,10,11). The summed E-state index contributed by atoms with van der Waals surface area (Å²) in [6, 6.07) is 0. The molecule has 76 valence electrons. The molecule has 0 aromatic heterocycles. The molecule has 4 heteroatoms. The molecule has 1 aliphatic carbocycles.